The Morgan fingerprint density at radius 3 is 3.00 bits per heavy atom. The van der Waals surface area contributed by atoms with Crippen molar-refractivity contribution in [3.05, 3.63) is 42.7 Å². The lowest BCUT2D eigenvalue weighted by Crippen LogP contribution is -2.27. The molecule has 1 unspecified atom stereocenters. The fourth-order valence-electron chi connectivity index (χ4n) is 2.87. The Hall–Kier alpha value is -2.39. The zero-order valence-corrected chi connectivity index (χ0v) is 11.6. The molecular weight excluding hydrogens is 266 g/mol. The predicted molar refractivity (Wildman–Crippen MR) is 77.3 cm³/mol. The molecule has 6 nitrogen and oxygen atoms in total. The molecule has 108 valence electrons. The lowest BCUT2D eigenvalue weighted by atomic mass is 10.1. The van der Waals surface area contributed by atoms with E-state index in [1.807, 2.05) is 22.9 Å². The van der Waals surface area contributed by atoms with E-state index < -0.39 is 0 Å². The van der Waals surface area contributed by atoms with Crippen LogP contribution in [0, 0.1) is 17.2 Å². The molecule has 2 aromatic rings. The lowest BCUT2D eigenvalue weighted by Gasteiger charge is -2.17. The molecule has 21 heavy (non-hydrogen) atoms. The van der Waals surface area contributed by atoms with Gasteiger partial charge in [0.05, 0.1) is 30.4 Å². The van der Waals surface area contributed by atoms with E-state index in [9.17, 15) is 5.11 Å². The van der Waals surface area contributed by atoms with Crippen molar-refractivity contribution in [3.63, 3.8) is 0 Å². The van der Waals surface area contributed by atoms with Crippen LogP contribution in [0.5, 0.6) is 0 Å². The summed E-state index contributed by atoms with van der Waals surface area (Å²) in [4.78, 5) is 8.06. The molecule has 1 fully saturated rings. The maximum absolute atomic E-state index is 10.2. The van der Waals surface area contributed by atoms with Crippen LogP contribution in [0.3, 0.4) is 0 Å². The van der Waals surface area contributed by atoms with Crippen molar-refractivity contribution >= 4 is 5.69 Å². The quantitative estimate of drug-likeness (QED) is 0.885. The first-order valence-corrected chi connectivity index (χ1v) is 7.01. The first-order chi connectivity index (χ1) is 10.2. The molecule has 0 radical (unpaired) electrons. The molecule has 1 saturated carbocycles. The van der Waals surface area contributed by atoms with E-state index in [2.05, 4.69) is 15.3 Å². The SMILES string of the molecule is N#Cc1ccc(N[C@@H]2CC(Cn3ccnc3)C[C@H]2O)cn1. The molecule has 2 aromatic heterocycles. The van der Waals surface area contributed by atoms with E-state index in [0.29, 0.717) is 11.6 Å². The lowest BCUT2D eigenvalue weighted by molar-refractivity contribution is 0.166. The summed E-state index contributed by atoms with van der Waals surface area (Å²) in [5, 5.41) is 22.2. The number of aliphatic hydroxyl groups is 1. The van der Waals surface area contributed by atoms with Crippen LogP contribution in [0.4, 0.5) is 5.69 Å². The van der Waals surface area contributed by atoms with Crippen molar-refractivity contribution in [1.29, 1.82) is 5.26 Å². The fourth-order valence-corrected chi connectivity index (χ4v) is 2.87. The molecule has 0 bridgehead atoms. The molecule has 0 spiro atoms. The van der Waals surface area contributed by atoms with Crippen LogP contribution in [-0.4, -0.2) is 31.8 Å². The van der Waals surface area contributed by atoms with Crippen LogP contribution in [0.2, 0.25) is 0 Å². The number of aromatic nitrogens is 3. The van der Waals surface area contributed by atoms with Crippen LogP contribution >= 0.6 is 0 Å². The van der Waals surface area contributed by atoms with Gasteiger partial charge in [-0.15, -0.1) is 0 Å². The largest absolute Gasteiger partial charge is 0.391 e. The van der Waals surface area contributed by atoms with Crippen LogP contribution in [0.1, 0.15) is 18.5 Å². The summed E-state index contributed by atoms with van der Waals surface area (Å²) in [6.07, 6.45) is 8.46. The second-order valence-electron chi connectivity index (χ2n) is 5.46. The highest BCUT2D eigenvalue weighted by Crippen LogP contribution is 2.29. The van der Waals surface area contributed by atoms with Crippen molar-refractivity contribution < 1.29 is 5.11 Å². The highest BCUT2D eigenvalue weighted by molar-refractivity contribution is 5.44. The Balaban J connectivity index is 1.59. The number of nitrogens with zero attached hydrogens (tertiary/aromatic N) is 4. The monoisotopic (exact) mass is 283 g/mol. The minimum Gasteiger partial charge on any atom is -0.391 e. The molecule has 2 heterocycles. The third-order valence-corrected chi connectivity index (χ3v) is 3.88. The van der Waals surface area contributed by atoms with Gasteiger partial charge in [-0.25, -0.2) is 9.97 Å². The van der Waals surface area contributed by atoms with Gasteiger partial charge in [0.25, 0.3) is 0 Å². The zero-order chi connectivity index (χ0) is 14.7. The van der Waals surface area contributed by atoms with E-state index in [4.69, 9.17) is 5.26 Å². The Bertz CT molecular complexity index is 617. The molecule has 3 atom stereocenters. The molecule has 6 heteroatoms. The topological polar surface area (TPSA) is 86.8 Å². The average molecular weight is 283 g/mol. The average Bonchev–Trinajstić information content (AvgIpc) is 3.11. The van der Waals surface area contributed by atoms with E-state index in [-0.39, 0.29) is 12.1 Å². The van der Waals surface area contributed by atoms with Gasteiger partial charge in [-0.2, -0.15) is 5.26 Å². The van der Waals surface area contributed by atoms with Gasteiger partial charge in [-0.05, 0) is 30.9 Å². The minimum atomic E-state index is -0.367. The Morgan fingerprint density at radius 2 is 2.33 bits per heavy atom. The Morgan fingerprint density at radius 1 is 1.43 bits per heavy atom. The summed E-state index contributed by atoms with van der Waals surface area (Å²) in [6, 6.07) is 5.51. The number of hydrogen-bond donors (Lipinski definition) is 2. The highest BCUT2D eigenvalue weighted by atomic mass is 16.3. The van der Waals surface area contributed by atoms with Gasteiger partial charge in [0, 0.05) is 18.9 Å². The molecular formula is C15H17N5O. The molecule has 3 rings (SSSR count). The third-order valence-electron chi connectivity index (χ3n) is 3.88. The summed E-state index contributed by atoms with van der Waals surface area (Å²) in [6.45, 7) is 0.876. The normalized spacial score (nSPS) is 24.7. The van der Waals surface area contributed by atoms with Gasteiger partial charge < -0.3 is 15.0 Å². The summed E-state index contributed by atoms with van der Waals surface area (Å²) in [7, 11) is 0. The number of nitriles is 1. The van der Waals surface area contributed by atoms with Crippen LogP contribution in [0.15, 0.2) is 37.1 Å². The number of rotatable bonds is 4. The molecule has 0 aromatic carbocycles. The van der Waals surface area contributed by atoms with E-state index >= 15 is 0 Å². The molecule has 1 aliphatic rings. The summed E-state index contributed by atoms with van der Waals surface area (Å²) < 4.78 is 2.04. The highest BCUT2D eigenvalue weighted by Gasteiger charge is 2.32. The van der Waals surface area contributed by atoms with Gasteiger partial charge in [0.2, 0.25) is 0 Å². The molecule has 1 aliphatic carbocycles. The molecule has 2 N–H and O–H groups in total. The van der Waals surface area contributed by atoms with Crippen molar-refractivity contribution in [2.75, 3.05) is 5.32 Å². The Labute approximate surface area is 123 Å². The van der Waals surface area contributed by atoms with Gasteiger partial charge in [0.1, 0.15) is 11.8 Å². The number of aliphatic hydroxyl groups excluding tert-OH is 1. The van der Waals surface area contributed by atoms with Crippen molar-refractivity contribution in [3.8, 4) is 6.07 Å². The standard InChI is InChI=1S/C15H17N5O/c16-7-12-1-2-13(8-18-12)19-14-5-11(6-15(14)21)9-20-4-3-17-10-20/h1-4,8,10-11,14-15,19,21H,5-6,9H2/t11?,14-,15-/m1/s1. The number of imidazole rings is 1. The fraction of sp³-hybridized carbons (Fsp3) is 0.400. The van der Waals surface area contributed by atoms with Gasteiger partial charge in [-0.1, -0.05) is 0 Å². The minimum absolute atomic E-state index is 0.0215. The van der Waals surface area contributed by atoms with E-state index in [1.54, 1.807) is 24.8 Å². The summed E-state index contributed by atoms with van der Waals surface area (Å²) in [5.41, 5.74) is 1.23. The molecule has 0 aliphatic heterocycles. The number of pyridine rings is 1. The second-order valence-corrected chi connectivity index (χ2v) is 5.46. The maximum Gasteiger partial charge on any atom is 0.140 e. The molecule has 0 amide bonds. The first-order valence-electron chi connectivity index (χ1n) is 7.01. The van der Waals surface area contributed by atoms with Crippen LogP contribution in [0.25, 0.3) is 0 Å². The van der Waals surface area contributed by atoms with Gasteiger partial charge >= 0.3 is 0 Å². The predicted octanol–water partition coefficient (Wildman–Crippen LogP) is 1.40. The maximum atomic E-state index is 10.2. The summed E-state index contributed by atoms with van der Waals surface area (Å²) in [5.74, 6) is 0.429. The molecule has 0 saturated heterocycles. The van der Waals surface area contributed by atoms with Crippen LogP contribution < -0.4 is 5.32 Å². The number of hydrogen-bond acceptors (Lipinski definition) is 5. The van der Waals surface area contributed by atoms with Crippen molar-refractivity contribution in [2.45, 2.75) is 31.5 Å². The zero-order valence-electron chi connectivity index (χ0n) is 11.6. The van der Waals surface area contributed by atoms with E-state index in [1.165, 1.54) is 0 Å². The van der Waals surface area contributed by atoms with Crippen LogP contribution in [-0.2, 0) is 6.54 Å². The number of nitrogens with one attached hydrogen (secondary N) is 1. The van der Waals surface area contributed by atoms with Gasteiger partial charge in [0.15, 0.2) is 0 Å². The summed E-state index contributed by atoms with van der Waals surface area (Å²) >= 11 is 0. The second kappa shape index (κ2) is 5.94. The smallest absolute Gasteiger partial charge is 0.140 e. The Kier molecular flexibility index (Phi) is 3.84. The third kappa shape index (κ3) is 3.20. The van der Waals surface area contributed by atoms with E-state index in [0.717, 1.165) is 25.1 Å². The number of anilines is 1. The first kappa shape index (κ1) is 13.6. The van der Waals surface area contributed by atoms with Crippen molar-refractivity contribution in [2.24, 2.45) is 5.92 Å². The van der Waals surface area contributed by atoms with Gasteiger partial charge in [-0.3, -0.25) is 0 Å². The van der Waals surface area contributed by atoms with Crippen molar-refractivity contribution in [1.82, 2.24) is 14.5 Å².